The van der Waals surface area contributed by atoms with Crippen molar-refractivity contribution in [3.63, 3.8) is 0 Å². The van der Waals surface area contributed by atoms with Crippen LogP contribution in [0.5, 0.6) is 0 Å². The van der Waals surface area contributed by atoms with Crippen LogP contribution in [0, 0.1) is 0 Å². The van der Waals surface area contributed by atoms with Crippen molar-refractivity contribution in [1.82, 2.24) is 0 Å². The first-order chi connectivity index (χ1) is 14.7. The molecule has 1 aliphatic rings. The fraction of sp³-hybridized carbons (Fsp3) is 0.143. The van der Waals surface area contributed by atoms with Gasteiger partial charge in [0.2, 0.25) is 0 Å². The Morgan fingerprint density at radius 1 is 0.433 bits per heavy atom. The van der Waals surface area contributed by atoms with Gasteiger partial charge in [0.15, 0.2) is 0 Å². The summed E-state index contributed by atoms with van der Waals surface area (Å²) in [4.78, 5) is 0. The lowest BCUT2D eigenvalue weighted by Gasteiger charge is -2.31. The molecule has 0 N–H and O–H groups in total. The van der Waals surface area contributed by atoms with Gasteiger partial charge in [0.05, 0.1) is 0 Å². The fourth-order valence-electron chi connectivity index (χ4n) is 3.20. The van der Waals surface area contributed by atoms with Gasteiger partial charge in [-0.2, -0.15) is 0 Å². The molecule has 30 heavy (non-hydrogen) atoms. The molecule has 3 aromatic carbocycles. The summed E-state index contributed by atoms with van der Waals surface area (Å²) in [7, 11) is -1.57. The Bertz CT molecular complexity index is 823. The molecule has 0 atom stereocenters. The Balaban J connectivity index is 1.63. The minimum Gasteiger partial charge on any atom is -0.445 e. The zero-order chi connectivity index (χ0) is 20.9. The third kappa shape index (κ3) is 5.32. The molecule has 0 unspecified atom stereocenters. The molecule has 0 radical (unpaired) electrons. The molecule has 0 saturated carbocycles. The Morgan fingerprint density at radius 2 is 0.667 bits per heavy atom. The highest BCUT2D eigenvalue weighted by Gasteiger charge is 2.43. The quantitative estimate of drug-likeness (QED) is 0.322. The fourth-order valence-corrected chi connectivity index (χ4v) is 4.32. The van der Waals surface area contributed by atoms with Crippen LogP contribution in [0.25, 0.3) is 0 Å². The summed E-state index contributed by atoms with van der Waals surface area (Å²) in [6.07, 6.45) is 0. The Hall–Kier alpha value is -0.825. The minimum atomic E-state index is -0.523. The summed E-state index contributed by atoms with van der Waals surface area (Å²) in [6.45, 7) is 0. The molecule has 9 heteroatoms. The lowest BCUT2D eigenvalue weighted by atomic mass is 9.61. The summed E-state index contributed by atoms with van der Waals surface area (Å²) < 4.78 is 18.7. The summed E-state index contributed by atoms with van der Waals surface area (Å²) >= 11 is 10.5. The molecular weight excluding hydrogens is 572 g/mol. The van der Waals surface area contributed by atoms with Gasteiger partial charge >= 0.3 is 21.4 Å². The van der Waals surface area contributed by atoms with Crippen LogP contribution in [-0.2, 0) is 29.7 Å². The van der Waals surface area contributed by atoms with Crippen molar-refractivity contribution in [3.8, 4) is 0 Å². The van der Waals surface area contributed by atoms with E-state index in [-0.39, 0.29) is 0 Å². The maximum Gasteiger partial charge on any atom is 0.467 e. The van der Waals surface area contributed by atoms with Crippen LogP contribution >= 0.6 is 47.8 Å². The molecule has 150 valence electrons. The smallest absolute Gasteiger partial charge is 0.445 e. The van der Waals surface area contributed by atoms with E-state index in [1.54, 1.807) is 0 Å². The number of benzene rings is 3. The topological polar surface area (TPSA) is 27.7 Å². The van der Waals surface area contributed by atoms with Gasteiger partial charge in [0.1, 0.15) is 0 Å². The number of halogens is 3. The highest BCUT2D eigenvalue weighted by Crippen LogP contribution is 2.13. The zero-order valence-corrected chi connectivity index (χ0v) is 20.9. The van der Waals surface area contributed by atoms with Crippen molar-refractivity contribution in [2.45, 2.75) is 16.0 Å². The predicted octanol–water partition coefficient (Wildman–Crippen LogP) is 3.92. The van der Waals surface area contributed by atoms with Crippen LogP contribution in [0.4, 0.5) is 0 Å². The first-order valence-corrected chi connectivity index (χ1v) is 13.0. The van der Waals surface area contributed by atoms with Crippen LogP contribution < -0.4 is 16.4 Å². The first-order valence-electron chi connectivity index (χ1n) is 9.61. The molecule has 1 aliphatic heterocycles. The van der Waals surface area contributed by atoms with Crippen molar-refractivity contribution in [3.05, 3.63) is 89.5 Å². The van der Waals surface area contributed by atoms with E-state index in [4.69, 9.17) is 13.7 Å². The molecule has 0 spiro atoms. The molecular formula is C21H18B3Br3O3. The van der Waals surface area contributed by atoms with Gasteiger partial charge in [-0.3, -0.25) is 0 Å². The third-order valence-electron chi connectivity index (χ3n) is 4.96. The summed E-state index contributed by atoms with van der Waals surface area (Å²) in [5, 5.41) is 2.44. The molecule has 1 heterocycles. The van der Waals surface area contributed by atoms with Gasteiger partial charge in [-0.05, 0) is 33.1 Å². The van der Waals surface area contributed by atoms with Crippen molar-refractivity contribution in [2.24, 2.45) is 0 Å². The normalized spacial score (nSPS) is 14.3. The molecule has 0 aromatic heterocycles. The second kappa shape index (κ2) is 10.7. The van der Waals surface area contributed by atoms with Crippen LogP contribution in [0.1, 0.15) is 16.7 Å². The maximum atomic E-state index is 6.23. The number of hydrogen-bond acceptors (Lipinski definition) is 3. The Labute approximate surface area is 203 Å². The van der Waals surface area contributed by atoms with Crippen molar-refractivity contribution < 1.29 is 13.7 Å². The molecule has 0 bridgehead atoms. The monoisotopic (exact) mass is 588 g/mol. The summed E-state index contributed by atoms with van der Waals surface area (Å²) in [5.74, 6) is 0. The van der Waals surface area contributed by atoms with E-state index < -0.39 is 21.4 Å². The highest BCUT2D eigenvalue weighted by molar-refractivity contribution is 9.09. The maximum absolute atomic E-state index is 6.23. The van der Waals surface area contributed by atoms with Crippen molar-refractivity contribution in [2.75, 3.05) is 0 Å². The number of alkyl halides is 3. The van der Waals surface area contributed by atoms with E-state index in [9.17, 15) is 0 Å². The van der Waals surface area contributed by atoms with Gasteiger partial charge in [-0.15, -0.1) is 0 Å². The second-order valence-corrected chi connectivity index (χ2v) is 8.71. The Kier molecular flexibility index (Phi) is 7.95. The zero-order valence-electron chi connectivity index (χ0n) is 16.1. The third-order valence-corrected chi connectivity index (χ3v) is 6.90. The molecule has 1 fully saturated rings. The van der Waals surface area contributed by atoms with E-state index in [1.807, 2.05) is 36.4 Å². The largest absolute Gasteiger partial charge is 0.467 e. The van der Waals surface area contributed by atoms with Gasteiger partial charge in [-0.25, -0.2) is 0 Å². The molecule has 3 nitrogen and oxygen atoms in total. The van der Waals surface area contributed by atoms with E-state index in [1.165, 1.54) is 16.7 Å². The average Bonchev–Trinajstić information content (AvgIpc) is 2.84. The first kappa shape index (κ1) is 22.4. The van der Waals surface area contributed by atoms with Gasteiger partial charge < -0.3 is 13.7 Å². The number of hydrogen-bond donors (Lipinski definition) is 0. The molecule has 4 rings (SSSR count). The van der Waals surface area contributed by atoms with Crippen LogP contribution in [0.15, 0.2) is 72.8 Å². The summed E-state index contributed by atoms with van der Waals surface area (Å²) in [5.41, 5.74) is 6.50. The minimum absolute atomic E-state index is 0.523. The van der Waals surface area contributed by atoms with Gasteiger partial charge in [0, 0.05) is 16.0 Å². The predicted molar refractivity (Wildman–Crippen MR) is 137 cm³/mol. The SMILES string of the molecule is BrCc1ccc(B2OB(c3ccc(CBr)cc3)OB(c3ccc(CBr)cc3)O2)cc1. The van der Waals surface area contributed by atoms with Crippen LogP contribution in [0.2, 0.25) is 0 Å². The summed E-state index contributed by atoms with van der Waals surface area (Å²) in [6, 6.07) is 24.7. The molecule has 0 amide bonds. The lowest BCUT2D eigenvalue weighted by molar-refractivity contribution is 0.308. The molecule has 1 saturated heterocycles. The Morgan fingerprint density at radius 3 is 0.867 bits per heavy atom. The standard InChI is InChI=1S/C21H18B3Br3O3/c25-13-16-1-7-19(8-2-16)22-28-23(20-9-3-17(14-26)4-10-20)30-24(29-22)21-11-5-18(15-27)6-12-21/h1-12H,13-15H2. The number of rotatable bonds is 6. The van der Waals surface area contributed by atoms with Crippen molar-refractivity contribution in [1.29, 1.82) is 0 Å². The van der Waals surface area contributed by atoms with E-state index in [0.717, 1.165) is 32.4 Å². The lowest BCUT2D eigenvalue weighted by Crippen LogP contribution is -2.61. The average molecular weight is 591 g/mol. The van der Waals surface area contributed by atoms with E-state index >= 15 is 0 Å². The second-order valence-electron chi connectivity index (χ2n) is 7.03. The van der Waals surface area contributed by atoms with Gasteiger partial charge in [-0.1, -0.05) is 121 Å². The van der Waals surface area contributed by atoms with Crippen LogP contribution in [0.3, 0.4) is 0 Å². The van der Waals surface area contributed by atoms with Crippen molar-refractivity contribution >= 4 is 85.5 Å². The molecule has 3 aromatic rings. The van der Waals surface area contributed by atoms with Crippen LogP contribution in [-0.4, -0.2) is 21.4 Å². The van der Waals surface area contributed by atoms with E-state index in [0.29, 0.717) is 0 Å². The highest BCUT2D eigenvalue weighted by atomic mass is 79.9. The molecule has 0 aliphatic carbocycles. The van der Waals surface area contributed by atoms with Gasteiger partial charge in [0.25, 0.3) is 0 Å². The van der Waals surface area contributed by atoms with E-state index in [2.05, 4.69) is 84.2 Å².